The van der Waals surface area contributed by atoms with E-state index in [0.717, 1.165) is 30.7 Å². The van der Waals surface area contributed by atoms with E-state index in [1.807, 2.05) is 12.1 Å². The van der Waals surface area contributed by atoms with Crippen molar-refractivity contribution in [1.29, 1.82) is 0 Å². The highest BCUT2D eigenvalue weighted by Crippen LogP contribution is 2.18. The first-order valence-electron chi connectivity index (χ1n) is 5.10. The van der Waals surface area contributed by atoms with Crippen molar-refractivity contribution in [3.63, 3.8) is 0 Å². The number of hydrogen-bond donors (Lipinski definition) is 0. The van der Waals surface area contributed by atoms with Crippen LogP contribution in [-0.2, 0) is 6.42 Å². The smallest absolute Gasteiger partial charge is 0.0926 e. The van der Waals surface area contributed by atoms with Crippen LogP contribution < -0.4 is 0 Å². The summed E-state index contributed by atoms with van der Waals surface area (Å²) in [7, 11) is 0. The maximum absolute atomic E-state index is 4.20. The first kappa shape index (κ1) is 9.13. The average Bonchev–Trinajstić information content (AvgIpc) is 2.30. The number of nitrogens with zero attached hydrogens (tertiary/aromatic N) is 2. The number of aromatic nitrogens is 2. The quantitative estimate of drug-likeness (QED) is 0.709. The summed E-state index contributed by atoms with van der Waals surface area (Å²) in [5.41, 5.74) is 3.23. The summed E-state index contributed by atoms with van der Waals surface area (Å²) in [4.78, 5) is 0. The maximum atomic E-state index is 4.20. The van der Waals surface area contributed by atoms with E-state index in [4.69, 9.17) is 0 Å². The summed E-state index contributed by atoms with van der Waals surface area (Å²) in [5.74, 6) is 0. The molecule has 2 heteroatoms. The summed E-state index contributed by atoms with van der Waals surface area (Å²) in [6.07, 6.45) is 9.73. The van der Waals surface area contributed by atoms with Crippen molar-refractivity contribution in [2.75, 3.05) is 0 Å². The summed E-state index contributed by atoms with van der Waals surface area (Å²) < 4.78 is 0. The van der Waals surface area contributed by atoms with Gasteiger partial charge in [0, 0.05) is 0 Å². The molecule has 14 heavy (non-hydrogen) atoms. The molecule has 0 aromatic carbocycles. The molecule has 0 fully saturated rings. The third-order valence-electron chi connectivity index (χ3n) is 2.37. The molecular weight excluding hydrogens is 172 g/mol. The van der Waals surface area contributed by atoms with Crippen molar-refractivity contribution in [3.8, 4) is 0 Å². The highest BCUT2D eigenvalue weighted by Gasteiger charge is 2.02. The summed E-state index contributed by atoms with van der Waals surface area (Å²) >= 11 is 0. The highest BCUT2D eigenvalue weighted by atomic mass is 15.1. The first-order chi connectivity index (χ1) is 6.90. The van der Waals surface area contributed by atoms with Gasteiger partial charge in [-0.3, -0.25) is 0 Å². The van der Waals surface area contributed by atoms with E-state index in [0.29, 0.717) is 0 Å². The molecule has 1 aromatic rings. The van der Waals surface area contributed by atoms with Crippen molar-refractivity contribution < 1.29 is 0 Å². The number of aryl methyl sites for hydroxylation is 1. The maximum Gasteiger partial charge on any atom is 0.0926 e. The van der Waals surface area contributed by atoms with Gasteiger partial charge in [-0.1, -0.05) is 25.2 Å². The molecule has 0 atom stereocenters. The molecule has 0 saturated heterocycles. The first-order valence-corrected chi connectivity index (χ1v) is 5.10. The van der Waals surface area contributed by atoms with Gasteiger partial charge in [-0.05, 0) is 37.0 Å². The Bertz CT molecular complexity index is 360. The van der Waals surface area contributed by atoms with E-state index < -0.39 is 0 Å². The van der Waals surface area contributed by atoms with Gasteiger partial charge in [0.1, 0.15) is 0 Å². The Balaban J connectivity index is 2.24. The fourth-order valence-electron chi connectivity index (χ4n) is 1.51. The van der Waals surface area contributed by atoms with Gasteiger partial charge < -0.3 is 0 Å². The lowest BCUT2D eigenvalue weighted by Crippen LogP contribution is -1.96. The lowest BCUT2D eigenvalue weighted by atomic mass is 10.0. The molecule has 1 aliphatic carbocycles. The van der Waals surface area contributed by atoms with Crippen LogP contribution in [0.1, 0.15) is 31.2 Å². The molecular formula is C12H14N2. The fraction of sp³-hybridized carbons (Fsp3) is 0.333. The van der Waals surface area contributed by atoms with Crippen LogP contribution in [0.4, 0.5) is 0 Å². The molecule has 72 valence electrons. The SMILES string of the molecule is CCc1ccc(C2=CCCC=C2)nn1. The van der Waals surface area contributed by atoms with Gasteiger partial charge in [0.2, 0.25) is 0 Å². The largest absolute Gasteiger partial charge is 0.155 e. The van der Waals surface area contributed by atoms with E-state index in [1.54, 1.807) is 0 Å². The summed E-state index contributed by atoms with van der Waals surface area (Å²) in [6.45, 7) is 2.09. The van der Waals surface area contributed by atoms with Gasteiger partial charge in [-0.2, -0.15) is 10.2 Å². The number of rotatable bonds is 2. The standard InChI is InChI=1S/C12H14N2/c1-2-11-8-9-12(14-13-11)10-6-4-3-5-7-10/h4,6-9H,2-3,5H2,1H3. The molecule has 1 heterocycles. The second-order valence-corrected chi connectivity index (χ2v) is 3.40. The Kier molecular flexibility index (Phi) is 2.73. The molecule has 0 aliphatic heterocycles. The van der Waals surface area contributed by atoms with E-state index in [-0.39, 0.29) is 0 Å². The van der Waals surface area contributed by atoms with E-state index in [2.05, 4.69) is 35.3 Å². The van der Waals surface area contributed by atoms with E-state index in [1.165, 1.54) is 5.57 Å². The van der Waals surface area contributed by atoms with Crippen LogP contribution in [0.5, 0.6) is 0 Å². The normalized spacial score (nSPS) is 15.4. The van der Waals surface area contributed by atoms with Crippen LogP contribution in [0.15, 0.2) is 30.4 Å². The molecule has 0 bridgehead atoms. The minimum atomic E-state index is 0.947. The Morgan fingerprint density at radius 2 is 2.14 bits per heavy atom. The van der Waals surface area contributed by atoms with Gasteiger partial charge >= 0.3 is 0 Å². The van der Waals surface area contributed by atoms with Crippen molar-refractivity contribution in [1.82, 2.24) is 10.2 Å². The topological polar surface area (TPSA) is 25.8 Å². The Morgan fingerprint density at radius 3 is 2.71 bits per heavy atom. The fourth-order valence-corrected chi connectivity index (χ4v) is 1.51. The molecule has 2 nitrogen and oxygen atoms in total. The minimum Gasteiger partial charge on any atom is -0.155 e. The lowest BCUT2D eigenvalue weighted by molar-refractivity contribution is 0.907. The Hall–Kier alpha value is -1.44. The molecule has 0 N–H and O–H groups in total. The Labute approximate surface area is 84.4 Å². The zero-order valence-electron chi connectivity index (χ0n) is 8.40. The molecule has 0 amide bonds. The number of allylic oxidation sites excluding steroid dienone is 4. The van der Waals surface area contributed by atoms with Crippen LogP contribution in [0.3, 0.4) is 0 Å². The zero-order valence-corrected chi connectivity index (χ0v) is 8.40. The molecule has 0 saturated carbocycles. The molecule has 1 aliphatic rings. The van der Waals surface area contributed by atoms with Gasteiger partial charge in [0.05, 0.1) is 11.4 Å². The average molecular weight is 186 g/mol. The van der Waals surface area contributed by atoms with Crippen LogP contribution in [0, 0.1) is 0 Å². The van der Waals surface area contributed by atoms with Crippen molar-refractivity contribution in [2.45, 2.75) is 26.2 Å². The number of hydrogen-bond acceptors (Lipinski definition) is 2. The molecule has 0 radical (unpaired) electrons. The van der Waals surface area contributed by atoms with E-state index >= 15 is 0 Å². The molecule has 2 rings (SSSR count). The minimum absolute atomic E-state index is 0.947. The van der Waals surface area contributed by atoms with Crippen LogP contribution >= 0.6 is 0 Å². The monoisotopic (exact) mass is 186 g/mol. The molecule has 0 unspecified atom stereocenters. The molecule has 1 aromatic heterocycles. The Morgan fingerprint density at radius 1 is 1.21 bits per heavy atom. The summed E-state index contributed by atoms with van der Waals surface area (Å²) in [5, 5.41) is 8.35. The lowest BCUT2D eigenvalue weighted by Gasteiger charge is -2.05. The third kappa shape index (κ3) is 1.90. The van der Waals surface area contributed by atoms with Gasteiger partial charge in [0.25, 0.3) is 0 Å². The van der Waals surface area contributed by atoms with Crippen LogP contribution in [-0.4, -0.2) is 10.2 Å². The van der Waals surface area contributed by atoms with E-state index in [9.17, 15) is 0 Å². The van der Waals surface area contributed by atoms with Crippen molar-refractivity contribution >= 4 is 5.57 Å². The predicted molar refractivity (Wildman–Crippen MR) is 57.8 cm³/mol. The van der Waals surface area contributed by atoms with Gasteiger partial charge in [-0.25, -0.2) is 0 Å². The van der Waals surface area contributed by atoms with Crippen LogP contribution in [0.25, 0.3) is 5.57 Å². The van der Waals surface area contributed by atoms with Crippen molar-refractivity contribution in [2.24, 2.45) is 0 Å². The van der Waals surface area contributed by atoms with Gasteiger partial charge in [-0.15, -0.1) is 0 Å². The second kappa shape index (κ2) is 4.18. The van der Waals surface area contributed by atoms with Crippen LogP contribution in [0.2, 0.25) is 0 Å². The molecule has 0 spiro atoms. The zero-order chi connectivity index (χ0) is 9.80. The highest BCUT2D eigenvalue weighted by molar-refractivity contribution is 5.72. The predicted octanol–water partition coefficient (Wildman–Crippen LogP) is 2.77. The third-order valence-corrected chi connectivity index (χ3v) is 2.37. The summed E-state index contributed by atoms with van der Waals surface area (Å²) in [6, 6.07) is 4.10. The van der Waals surface area contributed by atoms with Gasteiger partial charge in [0.15, 0.2) is 0 Å². The van der Waals surface area contributed by atoms with Crippen molar-refractivity contribution in [3.05, 3.63) is 41.7 Å². The second-order valence-electron chi connectivity index (χ2n) is 3.40.